The summed E-state index contributed by atoms with van der Waals surface area (Å²) in [4.78, 5) is 42.8. The van der Waals surface area contributed by atoms with Crippen LogP contribution in [-0.2, 0) is 0 Å². The molecular weight excluding hydrogens is 360 g/mol. The van der Waals surface area contributed by atoms with Crippen molar-refractivity contribution in [3.05, 3.63) is 24.3 Å². The summed E-state index contributed by atoms with van der Waals surface area (Å²) in [6.07, 6.45) is 0.333. The molecule has 0 aromatic carbocycles. The molecule has 0 aromatic rings. The van der Waals surface area contributed by atoms with Gasteiger partial charge in [0.1, 0.15) is 0 Å². The average molecular weight is 376 g/mol. The van der Waals surface area contributed by atoms with Crippen LogP contribution in [0.3, 0.4) is 0 Å². The summed E-state index contributed by atoms with van der Waals surface area (Å²) in [6, 6.07) is 0. The normalized spacial score (nSPS) is 8.32. The highest BCUT2D eigenvalue weighted by atomic mass is 16.6. The quantitative estimate of drug-likeness (QED) is 0.290. The predicted octanol–water partition coefficient (Wildman–Crippen LogP) is 2.61. The Kier molecular flexibility index (Phi) is 36.7. The number of carbonyl (C=O) groups is 5. The van der Waals surface area contributed by atoms with E-state index in [0.717, 1.165) is 6.42 Å². The molecule has 0 heterocycles. The van der Waals surface area contributed by atoms with Gasteiger partial charge in [-0.2, -0.15) is 0 Å². The molecule has 1 rings (SSSR count). The van der Waals surface area contributed by atoms with E-state index in [9.17, 15) is 0 Å². The SMILES string of the molecule is C1=CCC=C1.O=C(O)O.O=C(O)O.O=C(O)O.O=C(O)O.O=C(O)O. The molecule has 0 fully saturated rings. The zero-order valence-corrected chi connectivity index (χ0v) is 12.0. The molecule has 0 amide bonds. The number of rotatable bonds is 0. The molecule has 0 radical (unpaired) electrons. The van der Waals surface area contributed by atoms with Gasteiger partial charge in [-0.3, -0.25) is 0 Å². The number of hydrogen-bond donors (Lipinski definition) is 10. The molecule has 0 bridgehead atoms. The van der Waals surface area contributed by atoms with Gasteiger partial charge in [-0.25, -0.2) is 24.0 Å². The smallest absolute Gasteiger partial charge is 0.450 e. The van der Waals surface area contributed by atoms with Crippen LogP contribution in [0.25, 0.3) is 0 Å². The third-order valence-electron chi connectivity index (χ3n) is 0.655. The van der Waals surface area contributed by atoms with Crippen LogP contribution in [0.15, 0.2) is 24.3 Å². The van der Waals surface area contributed by atoms with Gasteiger partial charge in [-0.05, 0) is 6.42 Å². The third-order valence-corrected chi connectivity index (χ3v) is 0.655. The molecule has 0 atom stereocenters. The number of hydrogen-bond acceptors (Lipinski definition) is 5. The molecule has 0 aliphatic heterocycles. The maximum absolute atomic E-state index is 8.56. The maximum Gasteiger partial charge on any atom is 0.503 e. The van der Waals surface area contributed by atoms with Crippen molar-refractivity contribution in [3.8, 4) is 0 Å². The first kappa shape index (κ1) is 32.7. The standard InChI is InChI=1S/C5H6.5CH2O3/c1-2-4-5-3-1;5*2-1(3)4/h1-4H,5H2;5*(H2,2,3,4). The number of carboxylic acid groups (broad SMARTS) is 10. The van der Waals surface area contributed by atoms with Crippen LogP contribution >= 0.6 is 0 Å². The zero-order valence-electron chi connectivity index (χ0n) is 12.0. The lowest BCUT2D eigenvalue weighted by molar-refractivity contribution is 0.135. The Hall–Kier alpha value is -4.17. The van der Waals surface area contributed by atoms with Crippen molar-refractivity contribution in [1.29, 1.82) is 0 Å². The van der Waals surface area contributed by atoms with Gasteiger partial charge in [0, 0.05) is 0 Å². The van der Waals surface area contributed by atoms with Crippen molar-refractivity contribution in [1.82, 2.24) is 0 Å². The predicted molar refractivity (Wildman–Crippen MR) is 76.2 cm³/mol. The van der Waals surface area contributed by atoms with Gasteiger partial charge in [0.15, 0.2) is 0 Å². The second-order valence-electron chi connectivity index (χ2n) is 2.50. The first-order valence-electron chi connectivity index (χ1n) is 5.07. The minimum Gasteiger partial charge on any atom is -0.450 e. The minimum absolute atomic E-state index is 1.14. The van der Waals surface area contributed by atoms with E-state index in [1.165, 1.54) is 0 Å². The van der Waals surface area contributed by atoms with Crippen LogP contribution in [0, 0.1) is 0 Å². The Morgan fingerprint density at radius 3 is 0.600 bits per heavy atom. The van der Waals surface area contributed by atoms with Crippen molar-refractivity contribution < 1.29 is 75.0 Å². The lowest BCUT2D eigenvalue weighted by Crippen LogP contribution is -1.81. The van der Waals surface area contributed by atoms with E-state index in [2.05, 4.69) is 24.3 Å². The molecule has 1 aliphatic carbocycles. The van der Waals surface area contributed by atoms with Crippen LogP contribution in [0.5, 0.6) is 0 Å². The average Bonchev–Trinajstić information content (AvgIpc) is 2.80. The lowest BCUT2D eigenvalue weighted by Gasteiger charge is -1.60. The molecule has 25 heavy (non-hydrogen) atoms. The molecule has 15 heteroatoms. The zero-order chi connectivity index (χ0) is 21.4. The van der Waals surface area contributed by atoms with Crippen molar-refractivity contribution in [2.24, 2.45) is 0 Å². The fraction of sp³-hybridized carbons (Fsp3) is 0.100. The van der Waals surface area contributed by atoms with E-state index in [1.54, 1.807) is 0 Å². The summed E-state index contributed by atoms with van der Waals surface area (Å²) < 4.78 is 0. The van der Waals surface area contributed by atoms with Gasteiger partial charge < -0.3 is 51.1 Å². The van der Waals surface area contributed by atoms with E-state index in [0.29, 0.717) is 0 Å². The second kappa shape index (κ2) is 28.1. The van der Waals surface area contributed by atoms with Gasteiger partial charge in [0.25, 0.3) is 0 Å². The highest BCUT2D eigenvalue weighted by Crippen LogP contribution is 1.93. The molecule has 10 N–H and O–H groups in total. The van der Waals surface area contributed by atoms with E-state index in [-0.39, 0.29) is 0 Å². The van der Waals surface area contributed by atoms with E-state index in [4.69, 9.17) is 75.0 Å². The molecule has 1 aliphatic rings. The summed E-state index contributed by atoms with van der Waals surface area (Å²) in [7, 11) is 0. The van der Waals surface area contributed by atoms with Crippen molar-refractivity contribution >= 4 is 30.8 Å². The van der Waals surface area contributed by atoms with Gasteiger partial charge >= 0.3 is 30.8 Å². The summed E-state index contributed by atoms with van der Waals surface area (Å²) in [5.41, 5.74) is 0. The van der Waals surface area contributed by atoms with Crippen LogP contribution in [-0.4, -0.2) is 81.8 Å². The summed E-state index contributed by atoms with van der Waals surface area (Å²) >= 11 is 0. The van der Waals surface area contributed by atoms with Crippen molar-refractivity contribution in [2.75, 3.05) is 0 Å². The highest BCUT2D eigenvalue weighted by molar-refractivity contribution is 5.54. The van der Waals surface area contributed by atoms with Crippen LogP contribution in [0.2, 0.25) is 0 Å². The Balaban J connectivity index is -0.0000000643. The van der Waals surface area contributed by atoms with Gasteiger partial charge in [0.2, 0.25) is 0 Å². The summed E-state index contributed by atoms with van der Waals surface area (Å²) in [5, 5.41) is 69.7. The Bertz CT molecular complexity index is 336. The van der Waals surface area contributed by atoms with E-state index < -0.39 is 30.8 Å². The lowest BCUT2D eigenvalue weighted by atomic mass is 10.5. The monoisotopic (exact) mass is 376 g/mol. The van der Waals surface area contributed by atoms with Crippen molar-refractivity contribution in [3.63, 3.8) is 0 Å². The first-order valence-corrected chi connectivity index (χ1v) is 5.07. The maximum atomic E-state index is 8.56. The molecule has 0 saturated heterocycles. The fourth-order valence-corrected chi connectivity index (χ4v) is 0.393. The van der Waals surface area contributed by atoms with Gasteiger partial charge in [0.05, 0.1) is 0 Å². The molecule has 15 nitrogen and oxygen atoms in total. The largest absolute Gasteiger partial charge is 0.503 e. The van der Waals surface area contributed by atoms with Crippen LogP contribution in [0.4, 0.5) is 24.0 Å². The first-order chi connectivity index (χ1) is 11.2. The van der Waals surface area contributed by atoms with E-state index >= 15 is 0 Å². The number of allylic oxidation sites excluding steroid dienone is 4. The molecule has 0 spiro atoms. The molecule has 146 valence electrons. The molecule has 0 unspecified atom stereocenters. The highest BCUT2D eigenvalue weighted by Gasteiger charge is 1.72. The third kappa shape index (κ3) is 9150. The molecule has 0 aromatic heterocycles. The van der Waals surface area contributed by atoms with Crippen LogP contribution in [0.1, 0.15) is 6.42 Å². The van der Waals surface area contributed by atoms with Gasteiger partial charge in [-0.15, -0.1) is 0 Å². The topological polar surface area (TPSA) is 288 Å². The summed E-state index contributed by atoms with van der Waals surface area (Å²) in [6.45, 7) is 0. The Labute approximate surface area is 137 Å². The fourth-order valence-electron chi connectivity index (χ4n) is 0.393. The molecule has 0 saturated carbocycles. The van der Waals surface area contributed by atoms with Crippen LogP contribution < -0.4 is 0 Å². The van der Waals surface area contributed by atoms with E-state index in [1.807, 2.05) is 0 Å². The Morgan fingerprint density at radius 1 is 0.440 bits per heavy atom. The van der Waals surface area contributed by atoms with Crippen molar-refractivity contribution in [2.45, 2.75) is 6.42 Å². The minimum atomic E-state index is -1.83. The molecular formula is C10H16O15. The summed E-state index contributed by atoms with van der Waals surface area (Å²) in [5.74, 6) is 0. The Morgan fingerprint density at radius 2 is 0.560 bits per heavy atom. The second-order valence-corrected chi connectivity index (χ2v) is 2.50. The van der Waals surface area contributed by atoms with Gasteiger partial charge in [-0.1, -0.05) is 24.3 Å².